The summed E-state index contributed by atoms with van der Waals surface area (Å²) >= 11 is 6.82. The maximum absolute atomic E-state index is 13.6. The van der Waals surface area contributed by atoms with Gasteiger partial charge in [-0.1, -0.05) is 43.0 Å². The van der Waals surface area contributed by atoms with Crippen molar-refractivity contribution in [1.82, 2.24) is 9.47 Å². The molecule has 2 aromatic rings. The molecule has 2 fully saturated rings. The molecule has 1 atom stereocenters. The number of rotatable bonds is 10. The summed E-state index contributed by atoms with van der Waals surface area (Å²) < 4.78 is 12.6. The molecule has 11 heteroatoms. The molecule has 0 aliphatic carbocycles. The second-order valence-corrected chi connectivity index (χ2v) is 12.0. The number of thioether (sulfide) groups is 1. The van der Waals surface area contributed by atoms with E-state index >= 15 is 0 Å². The monoisotopic (exact) mass is 608 g/mol. The predicted molar refractivity (Wildman–Crippen MR) is 169 cm³/mol. The molecule has 9 nitrogen and oxygen atoms in total. The Labute approximate surface area is 256 Å². The normalized spacial score (nSPS) is 18.0. The number of hydrogen-bond acceptors (Lipinski definition) is 9. The van der Waals surface area contributed by atoms with Crippen molar-refractivity contribution in [2.45, 2.75) is 53.0 Å². The van der Waals surface area contributed by atoms with E-state index in [2.05, 4.69) is 6.07 Å². The van der Waals surface area contributed by atoms with Crippen molar-refractivity contribution in [2.75, 3.05) is 38.3 Å². The number of thiocarbonyl (C=S) groups is 1. The topological polar surface area (TPSA) is 105 Å². The van der Waals surface area contributed by atoms with Crippen LogP contribution in [-0.4, -0.2) is 59.0 Å². The Morgan fingerprint density at radius 2 is 1.95 bits per heavy atom. The molecule has 42 heavy (non-hydrogen) atoms. The van der Waals surface area contributed by atoms with E-state index in [0.29, 0.717) is 78.2 Å². The summed E-state index contributed by atoms with van der Waals surface area (Å²) in [6.07, 6.45) is 4.50. The number of piperidine rings is 1. The molecular weight excluding hydrogens is 572 g/mol. The summed E-state index contributed by atoms with van der Waals surface area (Å²) in [4.78, 5) is 43.8. The number of nitriles is 1. The molecule has 2 saturated heterocycles. The van der Waals surface area contributed by atoms with Crippen molar-refractivity contribution in [2.24, 2.45) is 5.92 Å². The number of hydrogen-bond donors (Lipinski definition) is 0. The van der Waals surface area contributed by atoms with E-state index in [9.17, 15) is 19.6 Å². The summed E-state index contributed by atoms with van der Waals surface area (Å²) in [5.74, 6) is 0.594. The second-order valence-electron chi connectivity index (χ2n) is 10.3. The van der Waals surface area contributed by atoms with Crippen molar-refractivity contribution in [1.29, 1.82) is 5.26 Å². The highest BCUT2D eigenvalue weighted by atomic mass is 32.2. The first-order valence-electron chi connectivity index (χ1n) is 14.2. The Morgan fingerprint density at radius 1 is 1.21 bits per heavy atom. The molecule has 2 aliphatic rings. The van der Waals surface area contributed by atoms with E-state index in [4.69, 9.17) is 21.7 Å². The smallest absolute Gasteiger partial charge is 0.310 e. The Hall–Kier alpha value is -3.62. The van der Waals surface area contributed by atoms with Gasteiger partial charge in [0.25, 0.3) is 11.5 Å². The maximum Gasteiger partial charge on any atom is 0.310 e. The molecule has 0 saturated carbocycles. The second kappa shape index (κ2) is 14.0. The first-order valence-corrected chi connectivity index (χ1v) is 15.4. The lowest BCUT2D eigenvalue weighted by Crippen LogP contribution is -2.43. The average Bonchev–Trinajstić information content (AvgIpc) is 3.26. The van der Waals surface area contributed by atoms with Crippen LogP contribution in [0.3, 0.4) is 0 Å². The number of ether oxygens (including phenoxy) is 2. The van der Waals surface area contributed by atoms with Gasteiger partial charge in [0, 0.05) is 31.7 Å². The van der Waals surface area contributed by atoms with Crippen LogP contribution in [0, 0.1) is 24.2 Å². The highest BCUT2D eigenvalue weighted by Crippen LogP contribution is 2.37. The summed E-state index contributed by atoms with van der Waals surface area (Å²) in [7, 11) is 1.62. The molecule has 0 spiro atoms. The standard InChI is InChI=1S/C31H36N4O5S2/c1-5-14-34-27(33-15-7-8-22(19-33)30(38)40-6-2)24(20(3)25(18-32)28(34)36)17-26-29(37)35(31(41)42-26)16-13-21-9-11-23(39-4)12-10-21/h9-12,17,22H,5-8,13-16,19H2,1-4H3/b26-17-. The third kappa shape index (κ3) is 6.55. The lowest BCUT2D eigenvalue weighted by Gasteiger charge is -2.36. The number of benzene rings is 1. The van der Waals surface area contributed by atoms with Crippen LogP contribution >= 0.6 is 24.0 Å². The number of amides is 1. The van der Waals surface area contributed by atoms with Gasteiger partial charge >= 0.3 is 5.97 Å². The highest BCUT2D eigenvalue weighted by Gasteiger charge is 2.34. The number of carbonyl (C=O) groups excluding carboxylic acids is 2. The number of aromatic nitrogens is 1. The molecule has 222 valence electrons. The van der Waals surface area contributed by atoms with Crippen molar-refractivity contribution < 1.29 is 19.1 Å². The van der Waals surface area contributed by atoms with Gasteiger partial charge < -0.3 is 14.4 Å². The van der Waals surface area contributed by atoms with Crippen LogP contribution in [0.15, 0.2) is 34.0 Å². The summed E-state index contributed by atoms with van der Waals surface area (Å²) in [6, 6.07) is 9.78. The SMILES string of the molecule is CCCn1c(N2CCCC(C(=O)OCC)C2)c(/C=C2\SC(=S)N(CCc3ccc(OC)cc3)C2=O)c(C)c(C#N)c1=O. The van der Waals surface area contributed by atoms with Gasteiger partial charge in [-0.05, 0) is 68.9 Å². The van der Waals surface area contributed by atoms with Crippen molar-refractivity contribution in [3.63, 3.8) is 0 Å². The highest BCUT2D eigenvalue weighted by molar-refractivity contribution is 8.26. The maximum atomic E-state index is 13.6. The lowest BCUT2D eigenvalue weighted by atomic mass is 9.96. The molecule has 2 aliphatic heterocycles. The van der Waals surface area contributed by atoms with Crippen LogP contribution in [0.4, 0.5) is 5.82 Å². The number of nitrogens with zero attached hydrogens (tertiary/aromatic N) is 4. The molecule has 0 bridgehead atoms. The molecule has 1 amide bonds. The first kappa shape index (κ1) is 31.3. The Kier molecular flexibility index (Phi) is 10.5. The van der Waals surface area contributed by atoms with Crippen molar-refractivity contribution in [3.05, 3.63) is 61.8 Å². The summed E-state index contributed by atoms with van der Waals surface area (Å²) in [5.41, 5.74) is 1.87. The Balaban J connectivity index is 1.72. The van der Waals surface area contributed by atoms with Gasteiger partial charge in [0.1, 0.15) is 27.5 Å². The molecule has 3 heterocycles. The number of methoxy groups -OCH3 is 1. The molecule has 1 aromatic heterocycles. The van der Waals surface area contributed by atoms with Crippen LogP contribution in [0.2, 0.25) is 0 Å². The van der Waals surface area contributed by atoms with Gasteiger partial charge in [0.05, 0.1) is 24.5 Å². The fourth-order valence-electron chi connectivity index (χ4n) is 5.39. The van der Waals surface area contributed by atoms with Gasteiger partial charge in [-0.15, -0.1) is 0 Å². The Bertz CT molecular complexity index is 1490. The number of pyridine rings is 1. The Morgan fingerprint density at radius 3 is 2.60 bits per heavy atom. The zero-order valence-electron chi connectivity index (χ0n) is 24.5. The van der Waals surface area contributed by atoms with E-state index in [1.807, 2.05) is 36.1 Å². The van der Waals surface area contributed by atoms with Crippen LogP contribution in [0.5, 0.6) is 5.75 Å². The van der Waals surface area contributed by atoms with E-state index in [-0.39, 0.29) is 28.9 Å². The third-order valence-electron chi connectivity index (χ3n) is 7.57. The molecule has 4 rings (SSSR count). The third-order valence-corrected chi connectivity index (χ3v) is 8.94. The number of esters is 1. The minimum absolute atomic E-state index is 0.0485. The fourth-order valence-corrected chi connectivity index (χ4v) is 6.69. The van der Waals surface area contributed by atoms with Crippen LogP contribution in [0.25, 0.3) is 6.08 Å². The van der Waals surface area contributed by atoms with Gasteiger partial charge in [0.15, 0.2) is 0 Å². The predicted octanol–water partition coefficient (Wildman–Crippen LogP) is 4.67. The van der Waals surface area contributed by atoms with E-state index in [0.717, 1.165) is 17.7 Å². The minimum atomic E-state index is -0.366. The molecule has 1 unspecified atom stereocenters. The number of carbonyl (C=O) groups is 2. The molecule has 1 aromatic carbocycles. The lowest BCUT2D eigenvalue weighted by molar-refractivity contribution is -0.148. The molecule has 0 radical (unpaired) electrons. The van der Waals surface area contributed by atoms with Crippen molar-refractivity contribution in [3.8, 4) is 11.8 Å². The first-order chi connectivity index (χ1) is 20.2. The van der Waals surface area contributed by atoms with Gasteiger partial charge in [0.2, 0.25) is 0 Å². The van der Waals surface area contributed by atoms with Gasteiger partial charge in [-0.2, -0.15) is 5.26 Å². The van der Waals surface area contributed by atoms with Crippen LogP contribution < -0.4 is 15.2 Å². The van der Waals surface area contributed by atoms with Crippen LogP contribution in [-0.2, 0) is 27.3 Å². The largest absolute Gasteiger partial charge is 0.497 e. The quantitative estimate of drug-likeness (QED) is 0.216. The van der Waals surface area contributed by atoms with Gasteiger partial charge in [-0.3, -0.25) is 23.9 Å². The van der Waals surface area contributed by atoms with Crippen LogP contribution in [0.1, 0.15) is 55.4 Å². The number of anilines is 1. The van der Waals surface area contributed by atoms with E-state index in [1.54, 1.807) is 36.5 Å². The van der Waals surface area contributed by atoms with Crippen molar-refractivity contribution >= 4 is 52.1 Å². The molecule has 0 N–H and O–H groups in total. The average molecular weight is 609 g/mol. The zero-order valence-corrected chi connectivity index (χ0v) is 26.1. The van der Waals surface area contributed by atoms with E-state index < -0.39 is 0 Å². The summed E-state index contributed by atoms with van der Waals surface area (Å²) in [5, 5.41) is 9.93. The minimum Gasteiger partial charge on any atom is -0.497 e. The summed E-state index contributed by atoms with van der Waals surface area (Å²) in [6.45, 7) is 7.63. The fraction of sp³-hybridized carbons (Fsp3) is 0.452. The zero-order chi connectivity index (χ0) is 30.4. The molecular formula is C31H36N4O5S2. The van der Waals surface area contributed by atoms with E-state index in [1.165, 1.54) is 11.8 Å². The van der Waals surface area contributed by atoms with Gasteiger partial charge in [-0.25, -0.2) is 0 Å².